The molecule has 1 aliphatic heterocycles. The number of halogens is 2. The maximum atomic E-state index is 14.8. The number of hydrogen-bond donors (Lipinski definition) is 3. The van der Waals surface area contributed by atoms with Crippen molar-refractivity contribution in [3.05, 3.63) is 75.2 Å². The number of benzene rings is 2. The van der Waals surface area contributed by atoms with E-state index >= 15 is 0 Å². The van der Waals surface area contributed by atoms with Crippen LogP contribution in [0.15, 0.2) is 63.8 Å². The van der Waals surface area contributed by atoms with Gasteiger partial charge < -0.3 is 15.4 Å². The Morgan fingerprint density at radius 1 is 1.34 bits per heavy atom. The van der Waals surface area contributed by atoms with Crippen molar-refractivity contribution in [2.75, 3.05) is 12.4 Å². The monoisotopic (exact) mass is 473 g/mol. The highest BCUT2D eigenvalue weighted by Crippen LogP contribution is 2.38. The summed E-state index contributed by atoms with van der Waals surface area (Å²) in [4.78, 5) is 13.5. The number of ether oxygens (including phenoxy) is 1. The summed E-state index contributed by atoms with van der Waals surface area (Å²) in [7, 11) is 1.51. The molecular weight excluding hydrogens is 457 g/mol. The highest BCUT2D eigenvalue weighted by molar-refractivity contribution is 9.10. The van der Waals surface area contributed by atoms with Crippen molar-refractivity contribution in [3.8, 4) is 5.75 Å². The Labute approximate surface area is 181 Å². The van der Waals surface area contributed by atoms with Crippen molar-refractivity contribution >= 4 is 50.6 Å². The summed E-state index contributed by atoms with van der Waals surface area (Å²) in [5, 5.41) is 13.4. The summed E-state index contributed by atoms with van der Waals surface area (Å²) in [6, 6.07) is 11.5. The van der Waals surface area contributed by atoms with E-state index in [1.807, 2.05) is 0 Å². The number of amides is 1. The highest BCUT2D eigenvalue weighted by atomic mass is 79.9. The molecule has 29 heavy (non-hydrogen) atoms. The van der Waals surface area contributed by atoms with Gasteiger partial charge in [0.2, 0.25) is 0 Å². The fourth-order valence-electron chi connectivity index (χ4n) is 3.21. The molecule has 148 valence electrons. The topological polar surface area (TPSA) is 74.2 Å². The van der Waals surface area contributed by atoms with E-state index in [0.29, 0.717) is 21.6 Å². The van der Waals surface area contributed by atoms with Crippen LogP contribution in [0.5, 0.6) is 5.75 Å². The molecule has 0 aromatic heterocycles. The molecule has 1 unspecified atom stereocenters. The van der Waals surface area contributed by atoms with Gasteiger partial charge in [-0.1, -0.05) is 46.3 Å². The lowest BCUT2D eigenvalue weighted by atomic mass is 9.81. The molecule has 1 heterocycles. The van der Waals surface area contributed by atoms with Gasteiger partial charge >= 0.3 is 0 Å². The highest BCUT2D eigenvalue weighted by Gasteiger charge is 2.36. The van der Waals surface area contributed by atoms with E-state index in [2.05, 4.69) is 32.4 Å². The van der Waals surface area contributed by atoms with Crippen molar-refractivity contribution in [3.63, 3.8) is 0 Å². The number of para-hydroxylation sites is 2. The zero-order valence-corrected chi connectivity index (χ0v) is 18.0. The first kappa shape index (κ1) is 20.9. The van der Waals surface area contributed by atoms with Gasteiger partial charge in [-0.25, -0.2) is 4.39 Å². The van der Waals surface area contributed by atoms with Crippen LogP contribution >= 0.6 is 28.1 Å². The number of anilines is 1. The molecule has 0 aliphatic carbocycles. The van der Waals surface area contributed by atoms with E-state index in [1.54, 1.807) is 43.3 Å². The molecule has 0 saturated heterocycles. The van der Waals surface area contributed by atoms with Crippen LogP contribution in [0.1, 0.15) is 18.4 Å². The van der Waals surface area contributed by atoms with Crippen molar-refractivity contribution in [2.45, 2.75) is 12.8 Å². The molecule has 3 N–H and O–H groups in total. The van der Waals surface area contributed by atoms with Gasteiger partial charge in [-0.3, -0.25) is 10.2 Å². The Balaban J connectivity index is 2.12. The summed E-state index contributed by atoms with van der Waals surface area (Å²) in [6.45, 7) is 1.69. The van der Waals surface area contributed by atoms with Crippen LogP contribution in [0.2, 0.25) is 0 Å². The molecule has 8 heteroatoms. The van der Waals surface area contributed by atoms with Gasteiger partial charge in [-0.2, -0.15) is 0 Å². The number of methoxy groups -OCH3 is 1. The van der Waals surface area contributed by atoms with E-state index in [-0.39, 0.29) is 21.7 Å². The molecule has 5 nitrogen and oxygen atoms in total. The van der Waals surface area contributed by atoms with Crippen LogP contribution in [0, 0.1) is 11.2 Å². The van der Waals surface area contributed by atoms with Crippen LogP contribution in [0.3, 0.4) is 0 Å². The van der Waals surface area contributed by atoms with E-state index in [1.165, 1.54) is 13.2 Å². The van der Waals surface area contributed by atoms with Crippen molar-refractivity contribution in [1.82, 2.24) is 5.32 Å². The molecule has 0 spiro atoms. The third-order valence-electron chi connectivity index (χ3n) is 4.53. The molecule has 2 aromatic rings. The fraction of sp³-hybridized carbons (Fsp3) is 0.143. The van der Waals surface area contributed by atoms with Gasteiger partial charge in [0.25, 0.3) is 5.91 Å². The molecule has 3 rings (SSSR count). The summed E-state index contributed by atoms with van der Waals surface area (Å²) in [6.07, 6.45) is 0. The van der Waals surface area contributed by atoms with Crippen LogP contribution in [-0.4, -0.2) is 23.9 Å². The summed E-state index contributed by atoms with van der Waals surface area (Å²) in [5.41, 5.74) is 1.66. The Kier molecular flexibility index (Phi) is 6.27. The average Bonchev–Trinajstić information content (AvgIpc) is 2.68. The van der Waals surface area contributed by atoms with Crippen molar-refractivity contribution < 1.29 is 13.9 Å². The number of thiocarbonyl (C=S) groups is 1. The Hall–Kier alpha value is -2.80. The second-order valence-corrected chi connectivity index (χ2v) is 7.61. The fourth-order valence-corrected chi connectivity index (χ4v) is 3.87. The van der Waals surface area contributed by atoms with Crippen molar-refractivity contribution in [1.29, 1.82) is 5.41 Å². The minimum atomic E-state index is -0.871. The smallest absolute Gasteiger partial charge is 0.254 e. The van der Waals surface area contributed by atoms with Gasteiger partial charge in [0.1, 0.15) is 16.6 Å². The molecule has 0 bridgehead atoms. The number of hydrogen-bond acceptors (Lipinski definition) is 4. The minimum absolute atomic E-state index is 0.219. The van der Waals surface area contributed by atoms with Crippen LogP contribution in [0.4, 0.5) is 10.1 Å². The van der Waals surface area contributed by atoms with Gasteiger partial charge in [-0.15, -0.1) is 0 Å². The van der Waals surface area contributed by atoms with Crippen molar-refractivity contribution in [2.24, 2.45) is 0 Å². The predicted octanol–water partition coefficient (Wildman–Crippen LogP) is 4.70. The predicted molar refractivity (Wildman–Crippen MR) is 118 cm³/mol. The molecule has 0 radical (unpaired) electrons. The molecule has 0 saturated carbocycles. The standard InChI is InChI=1S/C21H17BrFN3O2S/c1-11-18(20(27)26-16-5-3-4-6-17(16)28-2)19(14(10-24)21(29)25-11)13-8-7-12(22)9-15(13)23/h3-9,19,24H,1-2H3,(H,25,29)(H,26,27). The van der Waals surface area contributed by atoms with Crippen LogP contribution < -0.4 is 15.4 Å². The zero-order valence-electron chi connectivity index (χ0n) is 15.6. The summed E-state index contributed by atoms with van der Waals surface area (Å²) < 4.78 is 20.7. The van der Waals surface area contributed by atoms with Crippen LogP contribution in [-0.2, 0) is 4.79 Å². The van der Waals surface area contributed by atoms with E-state index in [9.17, 15) is 9.18 Å². The minimum Gasteiger partial charge on any atom is -0.495 e. The van der Waals surface area contributed by atoms with Gasteiger partial charge in [0, 0.05) is 21.3 Å². The maximum absolute atomic E-state index is 14.8. The van der Waals surface area contributed by atoms with E-state index < -0.39 is 17.6 Å². The second-order valence-electron chi connectivity index (χ2n) is 6.28. The first-order valence-electron chi connectivity index (χ1n) is 8.58. The maximum Gasteiger partial charge on any atom is 0.254 e. The van der Waals surface area contributed by atoms with Gasteiger partial charge in [0.05, 0.1) is 24.3 Å². The molecule has 1 aliphatic rings. The lowest BCUT2D eigenvalue weighted by Crippen LogP contribution is -2.37. The van der Waals surface area contributed by atoms with Crippen LogP contribution in [0.25, 0.3) is 0 Å². The number of carbonyl (C=O) groups is 1. The lowest BCUT2D eigenvalue weighted by Gasteiger charge is -2.30. The summed E-state index contributed by atoms with van der Waals surface area (Å²) in [5.74, 6) is 0.931. The lowest BCUT2D eigenvalue weighted by molar-refractivity contribution is -0.113. The second kappa shape index (κ2) is 8.69. The number of rotatable bonds is 4. The molecule has 2 aromatic carbocycles. The average molecular weight is 474 g/mol. The molecule has 1 amide bonds. The zero-order chi connectivity index (χ0) is 21.1. The first-order valence-corrected chi connectivity index (χ1v) is 9.78. The largest absolute Gasteiger partial charge is 0.495 e. The molecule has 0 fully saturated rings. The normalized spacial score (nSPS) is 16.2. The third kappa shape index (κ3) is 4.15. The Bertz CT molecular complexity index is 1090. The molecule has 1 atom stereocenters. The molecular formula is C21H17BrFN3O2S. The first-order chi connectivity index (χ1) is 13.9. The van der Waals surface area contributed by atoms with E-state index in [0.717, 1.165) is 0 Å². The van der Waals surface area contributed by atoms with Gasteiger partial charge in [-0.05, 0) is 37.1 Å². The Morgan fingerprint density at radius 3 is 2.72 bits per heavy atom. The quantitative estimate of drug-likeness (QED) is 0.341. The number of carbonyl (C=O) groups excluding carboxylic acids is 1. The SMILES string of the molecule is COc1ccccc1NC(=O)C1=C(C)NC(=S)C(=C=N)C1c1ccc(Br)cc1F. The Morgan fingerprint density at radius 2 is 2.07 bits per heavy atom. The third-order valence-corrected chi connectivity index (χ3v) is 5.35. The number of nitrogens with one attached hydrogen (secondary N) is 3. The summed E-state index contributed by atoms with van der Waals surface area (Å²) >= 11 is 8.55. The van der Waals surface area contributed by atoms with E-state index in [4.69, 9.17) is 22.4 Å². The number of allylic oxidation sites excluding steroid dienone is 1. The van der Waals surface area contributed by atoms with Gasteiger partial charge in [0.15, 0.2) is 0 Å².